The Hall–Kier alpha value is -2.14. The minimum absolute atomic E-state index is 0.227. The summed E-state index contributed by atoms with van der Waals surface area (Å²) < 4.78 is 24.5. The van der Waals surface area contributed by atoms with Crippen molar-refractivity contribution in [2.45, 2.75) is 13.0 Å². The summed E-state index contributed by atoms with van der Waals surface area (Å²) in [4.78, 5) is 24.5. The Kier molecular flexibility index (Phi) is 9.34. The number of nitrogens with one attached hydrogen (secondary N) is 1. The van der Waals surface area contributed by atoms with E-state index in [1.165, 1.54) is 17.4 Å². The number of rotatable bonds is 9. The molecule has 1 saturated heterocycles. The first-order valence-corrected chi connectivity index (χ1v) is 12.0. The highest BCUT2D eigenvalue weighted by atomic mass is 79.9. The number of morpholine rings is 1. The van der Waals surface area contributed by atoms with Crippen LogP contribution in [0.5, 0.6) is 0 Å². The summed E-state index contributed by atoms with van der Waals surface area (Å²) in [5, 5.41) is 5.88. The number of carbonyl (C=O) groups excluding carboxylic acids is 1. The lowest BCUT2D eigenvalue weighted by atomic mass is 9.94. The predicted octanol–water partition coefficient (Wildman–Crippen LogP) is 3.37. The van der Waals surface area contributed by atoms with Gasteiger partial charge in [0, 0.05) is 41.4 Å². The number of esters is 1. The maximum absolute atomic E-state index is 13.1. The molecular weight excluding hydrogens is 499 g/mol. The first kappa shape index (κ1) is 24.5. The Bertz CT molecular complexity index is 937. The SMILES string of the molecule is C=C/C(Br)=C(\C=C/CF)C1N=C(c2nccs2)NC(CN2CCOCC2)=C1C(=O)OCC. The average molecular weight is 525 g/mol. The van der Waals surface area contributed by atoms with Crippen LogP contribution in [0.25, 0.3) is 0 Å². The van der Waals surface area contributed by atoms with Crippen molar-refractivity contribution in [3.63, 3.8) is 0 Å². The van der Waals surface area contributed by atoms with Gasteiger partial charge in [0.1, 0.15) is 12.7 Å². The molecule has 1 unspecified atom stereocenters. The van der Waals surface area contributed by atoms with Crippen molar-refractivity contribution in [2.75, 3.05) is 46.1 Å². The third-order valence-electron chi connectivity index (χ3n) is 4.88. The van der Waals surface area contributed by atoms with Crippen LogP contribution in [0.3, 0.4) is 0 Å². The van der Waals surface area contributed by atoms with Gasteiger partial charge in [-0.3, -0.25) is 9.89 Å². The monoisotopic (exact) mass is 524 g/mol. The maximum atomic E-state index is 13.1. The molecule has 172 valence electrons. The summed E-state index contributed by atoms with van der Waals surface area (Å²) in [6.07, 6.45) is 6.30. The van der Waals surface area contributed by atoms with Gasteiger partial charge in [0.25, 0.3) is 0 Å². The fourth-order valence-electron chi connectivity index (χ4n) is 3.42. The van der Waals surface area contributed by atoms with Crippen LogP contribution in [-0.2, 0) is 14.3 Å². The molecule has 0 aromatic carbocycles. The van der Waals surface area contributed by atoms with Gasteiger partial charge >= 0.3 is 5.97 Å². The Morgan fingerprint density at radius 2 is 2.28 bits per heavy atom. The molecule has 32 heavy (non-hydrogen) atoms. The zero-order valence-corrected chi connectivity index (χ0v) is 20.3. The molecule has 0 aliphatic carbocycles. The van der Waals surface area contributed by atoms with Gasteiger partial charge in [-0.1, -0.05) is 40.7 Å². The van der Waals surface area contributed by atoms with Crippen LogP contribution in [0.1, 0.15) is 11.9 Å². The summed E-state index contributed by atoms with van der Waals surface area (Å²) in [7, 11) is 0. The minimum Gasteiger partial charge on any atom is -0.463 e. The number of aliphatic imine (C=N–C) groups is 1. The molecule has 2 aliphatic rings. The van der Waals surface area contributed by atoms with Crippen molar-refractivity contribution in [1.29, 1.82) is 0 Å². The molecule has 1 N–H and O–H groups in total. The van der Waals surface area contributed by atoms with Crippen LogP contribution in [0.15, 0.2) is 62.7 Å². The Balaban J connectivity index is 2.14. The molecule has 1 fully saturated rings. The first-order chi connectivity index (χ1) is 15.6. The molecule has 2 aliphatic heterocycles. The van der Waals surface area contributed by atoms with Crippen molar-refractivity contribution < 1.29 is 18.7 Å². The van der Waals surface area contributed by atoms with E-state index in [1.54, 1.807) is 25.3 Å². The number of carbonyl (C=O) groups is 1. The molecule has 0 bridgehead atoms. The zero-order chi connectivity index (χ0) is 22.9. The molecule has 1 atom stereocenters. The number of allylic oxidation sites excluding steroid dienone is 3. The van der Waals surface area contributed by atoms with Crippen molar-refractivity contribution in [3.05, 3.63) is 62.7 Å². The van der Waals surface area contributed by atoms with Crippen molar-refractivity contribution in [3.8, 4) is 0 Å². The van der Waals surface area contributed by atoms with Crippen molar-refractivity contribution >= 4 is 39.1 Å². The lowest BCUT2D eigenvalue weighted by Gasteiger charge is -2.32. The van der Waals surface area contributed by atoms with Gasteiger partial charge < -0.3 is 14.8 Å². The van der Waals surface area contributed by atoms with E-state index in [0.29, 0.717) is 51.9 Å². The minimum atomic E-state index is -0.722. The fourth-order valence-corrected chi connectivity index (χ4v) is 4.35. The van der Waals surface area contributed by atoms with Crippen LogP contribution in [0, 0.1) is 0 Å². The molecule has 0 saturated carbocycles. The smallest absolute Gasteiger partial charge is 0.338 e. The third-order valence-corrected chi connectivity index (χ3v) is 6.44. The van der Waals surface area contributed by atoms with Gasteiger partial charge in [-0.2, -0.15) is 0 Å². The van der Waals surface area contributed by atoms with Crippen LogP contribution in [-0.4, -0.2) is 73.9 Å². The van der Waals surface area contributed by atoms with Gasteiger partial charge in [0.05, 0.1) is 25.4 Å². The lowest BCUT2D eigenvalue weighted by molar-refractivity contribution is -0.138. The van der Waals surface area contributed by atoms with Crippen LogP contribution >= 0.6 is 27.3 Å². The van der Waals surface area contributed by atoms with E-state index in [1.807, 2.05) is 5.38 Å². The number of hydrogen-bond donors (Lipinski definition) is 1. The molecule has 0 amide bonds. The molecule has 7 nitrogen and oxygen atoms in total. The van der Waals surface area contributed by atoms with Gasteiger partial charge in [-0.25, -0.2) is 14.2 Å². The summed E-state index contributed by atoms with van der Waals surface area (Å²) in [6, 6.07) is -0.722. The zero-order valence-electron chi connectivity index (χ0n) is 17.9. The normalized spacial score (nSPS) is 20.6. The third kappa shape index (κ3) is 6.00. The Morgan fingerprint density at radius 3 is 2.91 bits per heavy atom. The van der Waals surface area contributed by atoms with E-state index >= 15 is 0 Å². The van der Waals surface area contributed by atoms with Crippen LogP contribution < -0.4 is 5.32 Å². The molecule has 0 radical (unpaired) electrons. The standard InChI is InChI=1S/C22H26BrFN4O3S/c1-3-16(23)15(6-5-7-24)19-18(22(29)31-4-2)17(14-28-9-11-30-12-10-28)26-20(27-19)21-25-8-13-32-21/h3,5-6,8,13,19H,1,4,7,9-12,14H2,2H3,(H,26,27)/b6-5-,16-15-. The average Bonchev–Trinajstić information content (AvgIpc) is 3.35. The van der Waals surface area contributed by atoms with Gasteiger partial charge in [-0.05, 0) is 12.5 Å². The van der Waals surface area contributed by atoms with E-state index in [-0.39, 0.29) is 6.61 Å². The fraction of sp³-hybridized carbons (Fsp3) is 0.409. The van der Waals surface area contributed by atoms with Crippen molar-refractivity contribution in [1.82, 2.24) is 15.2 Å². The topological polar surface area (TPSA) is 76.0 Å². The van der Waals surface area contributed by atoms with Crippen molar-refractivity contribution in [2.24, 2.45) is 4.99 Å². The second-order valence-corrected chi connectivity index (χ2v) is 8.66. The quantitative estimate of drug-likeness (QED) is 0.394. The summed E-state index contributed by atoms with van der Waals surface area (Å²) in [5.41, 5.74) is 1.68. The van der Waals surface area contributed by atoms with E-state index in [2.05, 4.69) is 37.7 Å². The largest absolute Gasteiger partial charge is 0.463 e. The highest BCUT2D eigenvalue weighted by molar-refractivity contribution is 9.11. The number of hydrogen-bond acceptors (Lipinski definition) is 8. The number of alkyl halides is 1. The number of halogens is 2. The number of aromatic nitrogens is 1. The van der Waals surface area contributed by atoms with Gasteiger partial charge in [-0.15, -0.1) is 11.3 Å². The van der Waals surface area contributed by atoms with Gasteiger partial charge in [0.2, 0.25) is 0 Å². The van der Waals surface area contributed by atoms with E-state index in [0.717, 1.165) is 13.1 Å². The second-order valence-electron chi connectivity index (χ2n) is 6.91. The summed E-state index contributed by atoms with van der Waals surface area (Å²) in [6.45, 7) is 8.40. The molecular formula is C22H26BrFN4O3S. The molecule has 3 rings (SSSR count). The summed E-state index contributed by atoms with van der Waals surface area (Å²) in [5.74, 6) is 0.0857. The van der Waals surface area contributed by atoms with Crippen LogP contribution in [0.4, 0.5) is 4.39 Å². The Morgan fingerprint density at radius 1 is 1.50 bits per heavy atom. The highest BCUT2D eigenvalue weighted by Gasteiger charge is 2.34. The molecule has 1 aromatic heterocycles. The molecule has 1 aromatic rings. The number of amidine groups is 1. The lowest BCUT2D eigenvalue weighted by Crippen LogP contribution is -2.44. The van der Waals surface area contributed by atoms with E-state index in [9.17, 15) is 9.18 Å². The first-order valence-electron chi connectivity index (χ1n) is 10.3. The highest BCUT2D eigenvalue weighted by Crippen LogP contribution is 2.31. The number of nitrogens with zero attached hydrogens (tertiary/aromatic N) is 3. The number of thiazole rings is 1. The summed E-state index contributed by atoms with van der Waals surface area (Å²) >= 11 is 4.94. The van der Waals surface area contributed by atoms with E-state index < -0.39 is 18.7 Å². The number of ether oxygens (including phenoxy) is 2. The molecule has 0 spiro atoms. The molecule has 10 heteroatoms. The van der Waals surface area contributed by atoms with E-state index in [4.69, 9.17) is 14.5 Å². The predicted molar refractivity (Wildman–Crippen MR) is 128 cm³/mol. The maximum Gasteiger partial charge on any atom is 0.338 e. The second kappa shape index (κ2) is 12.2. The molecule has 3 heterocycles. The Labute approximate surface area is 199 Å². The van der Waals surface area contributed by atoms with Crippen LogP contribution in [0.2, 0.25) is 0 Å². The van der Waals surface area contributed by atoms with Gasteiger partial charge in [0.15, 0.2) is 10.8 Å².